The van der Waals surface area contributed by atoms with E-state index in [0.717, 1.165) is 35.5 Å². The summed E-state index contributed by atoms with van der Waals surface area (Å²) in [6.07, 6.45) is 27.6. The minimum absolute atomic E-state index is 1.06. The Morgan fingerprint density at radius 1 is 0.364 bits per heavy atom. The third kappa shape index (κ3) is 2.83. The monoisotopic (exact) mass is 298 g/mol. The zero-order chi connectivity index (χ0) is 14.8. The van der Waals surface area contributed by atoms with Gasteiger partial charge in [-0.25, -0.2) is 0 Å². The summed E-state index contributed by atoms with van der Waals surface area (Å²) in [6.45, 7) is 0. The van der Waals surface area contributed by atoms with Crippen molar-refractivity contribution in [3.63, 3.8) is 0 Å². The summed E-state index contributed by atoms with van der Waals surface area (Å²) < 4.78 is 0. The smallest absolute Gasteiger partial charge is 0.0348 e. The third-order valence-electron chi connectivity index (χ3n) is 7.62. The molecule has 122 valence electrons. The fraction of sp³-hybridized carbons (Fsp3) is 0.818. The van der Waals surface area contributed by atoms with Gasteiger partial charge in [-0.3, -0.25) is 0 Å². The van der Waals surface area contributed by atoms with Crippen LogP contribution in [0.1, 0.15) is 77.0 Å². The molecule has 0 unspecified atom stereocenters. The van der Waals surface area contributed by atoms with Gasteiger partial charge in [0.2, 0.25) is 0 Å². The van der Waals surface area contributed by atoms with Gasteiger partial charge in [0.05, 0.1) is 0 Å². The molecule has 0 bridgehead atoms. The first-order valence-electron chi connectivity index (χ1n) is 10.2. The van der Waals surface area contributed by atoms with Crippen LogP contribution in [0.15, 0.2) is 24.3 Å². The van der Waals surface area contributed by atoms with Gasteiger partial charge >= 0.3 is 0 Å². The summed E-state index contributed by atoms with van der Waals surface area (Å²) in [7, 11) is 0. The summed E-state index contributed by atoms with van der Waals surface area (Å²) >= 11 is 0. The Morgan fingerprint density at radius 3 is 0.955 bits per heavy atom. The van der Waals surface area contributed by atoms with Crippen molar-refractivity contribution >= 4 is 0 Å². The molecule has 0 aromatic carbocycles. The maximum atomic E-state index is 2.49. The van der Waals surface area contributed by atoms with Gasteiger partial charge in [0, 0.05) is 0 Å². The van der Waals surface area contributed by atoms with Gasteiger partial charge in [-0.05, 0) is 99.7 Å². The molecule has 4 rings (SSSR count). The molecule has 2 fully saturated rings. The molecule has 6 atom stereocenters. The van der Waals surface area contributed by atoms with E-state index in [1.165, 1.54) is 64.2 Å². The largest absolute Gasteiger partial charge is 0.0885 e. The maximum Gasteiger partial charge on any atom is -0.0348 e. The number of allylic oxidation sites excluding steroid dienone is 4. The van der Waals surface area contributed by atoms with Crippen molar-refractivity contribution < 1.29 is 0 Å². The van der Waals surface area contributed by atoms with Gasteiger partial charge in [-0.1, -0.05) is 37.1 Å². The Labute approximate surface area is 137 Å². The summed E-state index contributed by atoms with van der Waals surface area (Å²) in [4.78, 5) is 0. The number of hydrogen-bond acceptors (Lipinski definition) is 0. The van der Waals surface area contributed by atoms with Crippen LogP contribution < -0.4 is 0 Å². The molecule has 0 saturated heterocycles. The molecule has 0 radical (unpaired) electrons. The second kappa shape index (κ2) is 6.93. The van der Waals surface area contributed by atoms with Crippen molar-refractivity contribution in [1.82, 2.24) is 0 Å². The molecule has 0 amide bonds. The Balaban J connectivity index is 1.65. The lowest BCUT2D eigenvalue weighted by molar-refractivity contribution is -0.0558. The molecule has 4 aliphatic rings. The highest BCUT2D eigenvalue weighted by Crippen LogP contribution is 2.57. The first kappa shape index (κ1) is 15.0. The zero-order valence-corrected chi connectivity index (χ0v) is 14.3. The quantitative estimate of drug-likeness (QED) is 0.446. The van der Waals surface area contributed by atoms with Gasteiger partial charge in [0.15, 0.2) is 0 Å². The van der Waals surface area contributed by atoms with Crippen molar-refractivity contribution in [2.45, 2.75) is 77.0 Å². The number of rotatable bonds is 0. The predicted molar refractivity (Wildman–Crippen MR) is 94.6 cm³/mol. The molecule has 0 spiro atoms. The molecule has 2 saturated carbocycles. The Morgan fingerprint density at radius 2 is 0.636 bits per heavy atom. The molecular weight excluding hydrogens is 264 g/mol. The van der Waals surface area contributed by atoms with Crippen molar-refractivity contribution in [1.29, 1.82) is 0 Å². The average Bonchev–Trinajstić information content (AvgIpc) is 2.48. The average molecular weight is 299 g/mol. The summed E-state index contributed by atoms with van der Waals surface area (Å²) in [6, 6.07) is 0. The molecule has 0 aromatic rings. The molecule has 0 N–H and O–H groups in total. The van der Waals surface area contributed by atoms with Crippen LogP contribution in [0.2, 0.25) is 0 Å². The van der Waals surface area contributed by atoms with Crippen molar-refractivity contribution in [3.8, 4) is 0 Å². The van der Waals surface area contributed by atoms with Crippen LogP contribution in [0.25, 0.3) is 0 Å². The fourth-order valence-corrected chi connectivity index (χ4v) is 6.86. The van der Waals surface area contributed by atoms with E-state index in [0.29, 0.717) is 0 Å². The fourth-order valence-electron chi connectivity index (χ4n) is 6.86. The van der Waals surface area contributed by atoms with E-state index >= 15 is 0 Å². The van der Waals surface area contributed by atoms with Crippen LogP contribution in [0, 0.1) is 35.5 Å². The lowest BCUT2D eigenvalue weighted by atomic mass is 9.50. The molecule has 22 heavy (non-hydrogen) atoms. The molecule has 0 aliphatic heterocycles. The molecule has 0 heterocycles. The highest BCUT2D eigenvalue weighted by molar-refractivity contribution is 5.02. The first-order chi connectivity index (χ1) is 10.9. The zero-order valence-electron chi connectivity index (χ0n) is 14.3. The van der Waals surface area contributed by atoms with Crippen LogP contribution in [0.5, 0.6) is 0 Å². The van der Waals surface area contributed by atoms with E-state index < -0.39 is 0 Å². The molecule has 4 aliphatic carbocycles. The maximum absolute atomic E-state index is 2.49. The lowest BCUT2D eigenvalue weighted by Crippen LogP contribution is -2.48. The molecular formula is C22H34. The second-order valence-electron chi connectivity index (χ2n) is 8.52. The van der Waals surface area contributed by atoms with Gasteiger partial charge in [-0.15, -0.1) is 0 Å². The van der Waals surface area contributed by atoms with E-state index in [1.807, 2.05) is 0 Å². The van der Waals surface area contributed by atoms with Crippen LogP contribution in [-0.4, -0.2) is 0 Å². The summed E-state index contributed by atoms with van der Waals surface area (Å²) in [5, 5.41) is 0. The van der Waals surface area contributed by atoms with Gasteiger partial charge in [0.25, 0.3) is 0 Å². The van der Waals surface area contributed by atoms with Gasteiger partial charge in [0.1, 0.15) is 0 Å². The number of fused-ring (bicyclic) bond motifs is 6. The minimum Gasteiger partial charge on any atom is -0.0885 e. The lowest BCUT2D eigenvalue weighted by Gasteiger charge is -2.55. The highest BCUT2D eigenvalue weighted by atomic mass is 14.5. The predicted octanol–water partition coefficient (Wildman–Crippen LogP) is 6.53. The minimum atomic E-state index is 1.06. The Hall–Kier alpha value is -0.520. The standard InChI is InChI=1S/C22H34/c1-3-7-13-19-17(11-5-1)18-12-6-2-4-8-14-20(18)22-16-10-9-15-21(19)22/h1-4,17-22H,5-16H2/b3-1-,4-2-/t17-,18-,19+,20+,21-,22-/m0/s1. The normalized spacial score (nSPS) is 48.4. The van der Waals surface area contributed by atoms with E-state index in [9.17, 15) is 0 Å². The summed E-state index contributed by atoms with van der Waals surface area (Å²) in [5.41, 5.74) is 0. The summed E-state index contributed by atoms with van der Waals surface area (Å²) in [5.74, 6) is 6.44. The van der Waals surface area contributed by atoms with E-state index in [4.69, 9.17) is 0 Å². The highest BCUT2D eigenvalue weighted by Gasteiger charge is 2.49. The van der Waals surface area contributed by atoms with E-state index in [1.54, 1.807) is 12.8 Å². The Kier molecular flexibility index (Phi) is 4.74. The molecule has 0 aromatic heterocycles. The molecule has 0 nitrogen and oxygen atoms in total. The number of hydrogen-bond donors (Lipinski definition) is 0. The second-order valence-corrected chi connectivity index (χ2v) is 8.52. The van der Waals surface area contributed by atoms with Gasteiger partial charge < -0.3 is 0 Å². The Bertz CT molecular complexity index is 378. The van der Waals surface area contributed by atoms with Crippen molar-refractivity contribution in [2.75, 3.05) is 0 Å². The molecule has 0 heteroatoms. The first-order valence-corrected chi connectivity index (χ1v) is 10.2. The van der Waals surface area contributed by atoms with Crippen molar-refractivity contribution in [2.24, 2.45) is 35.5 Å². The SMILES string of the molecule is C1=C\CC[C@@H]2[C@@H](CC/1)[C@@H]1CC/C=C\CC[C@H]1[C@@H]1CCCC[C@@H]21. The van der Waals surface area contributed by atoms with Crippen LogP contribution in [0.3, 0.4) is 0 Å². The van der Waals surface area contributed by atoms with Crippen LogP contribution in [0.4, 0.5) is 0 Å². The van der Waals surface area contributed by atoms with E-state index in [-0.39, 0.29) is 0 Å². The van der Waals surface area contributed by atoms with Gasteiger partial charge in [-0.2, -0.15) is 0 Å². The van der Waals surface area contributed by atoms with Crippen LogP contribution >= 0.6 is 0 Å². The van der Waals surface area contributed by atoms with E-state index in [2.05, 4.69) is 24.3 Å². The van der Waals surface area contributed by atoms with Crippen LogP contribution in [-0.2, 0) is 0 Å². The third-order valence-corrected chi connectivity index (χ3v) is 7.62. The van der Waals surface area contributed by atoms with Crippen molar-refractivity contribution in [3.05, 3.63) is 24.3 Å². The topological polar surface area (TPSA) is 0 Å².